The van der Waals surface area contributed by atoms with E-state index in [1.54, 1.807) is 11.3 Å². The fraction of sp³-hybridized carbons (Fsp3) is 0.500. The van der Waals surface area contributed by atoms with Crippen LogP contribution in [0, 0.1) is 0 Å². The van der Waals surface area contributed by atoms with Gasteiger partial charge in [0.2, 0.25) is 5.91 Å². The number of carbonyl (C=O) groups is 2. The predicted octanol–water partition coefficient (Wildman–Crippen LogP) is 2.59. The van der Waals surface area contributed by atoms with Crippen LogP contribution in [0.1, 0.15) is 43.4 Å². The second-order valence-electron chi connectivity index (χ2n) is 6.22. The zero-order valence-corrected chi connectivity index (χ0v) is 15.8. The highest BCUT2D eigenvalue weighted by molar-refractivity contribution is 7.99. The Morgan fingerprint density at radius 3 is 2.84 bits per heavy atom. The molecule has 0 aliphatic heterocycles. The third-order valence-corrected chi connectivity index (χ3v) is 5.38. The van der Waals surface area contributed by atoms with Crippen LogP contribution < -0.4 is 10.6 Å². The van der Waals surface area contributed by atoms with Crippen molar-refractivity contribution >= 4 is 35.0 Å². The average Bonchev–Trinajstić information content (AvgIpc) is 3.09. The van der Waals surface area contributed by atoms with Crippen LogP contribution >= 0.6 is 23.1 Å². The maximum atomic E-state index is 11.9. The molecule has 134 valence electrons. The van der Waals surface area contributed by atoms with Gasteiger partial charge < -0.3 is 9.88 Å². The molecule has 3 amide bonds. The van der Waals surface area contributed by atoms with Crippen molar-refractivity contribution in [3.05, 3.63) is 28.2 Å². The van der Waals surface area contributed by atoms with Gasteiger partial charge in [-0.15, -0.1) is 21.5 Å². The number of hydrogen-bond donors (Lipinski definition) is 2. The highest BCUT2D eigenvalue weighted by Gasteiger charge is 2.30. The predicted molar refractivity (Wildman–Crippen MR) is 98.0 cm³/mol. The van der Waals surface area contributed by atoms with Crippen molar-refractivity contribution < 1.29 is 9.59 Å². The van der Waals surface area contributed by atoms with E-state index in [9.17, 15) is 9.59 Å². The van der Waals surface area contributed by atoms with Gasteiger partial charge in [-0.25, -0.2) is 4.79 Å². The maximum absolute atomic E-state index is 11.9. The van der Waals surface area contributed by atoms with E-state index in [2.05, 4.69) is 36.8 Å². The molecule has 3 rings (SSSR count). The number of rotatable bonds is 7. The van der Waals surface area contributed by atoms with Crippen molar-refractivity contribution in [1.82, 2.24) is 25.4 Å². The number of carbonyl (C=O) groups excluding carboxylic acids is 2. The molecule has 9 heteroatoms. The molecule has 0 aromatic carbocycles. The molecule has 1 fully saturated rings. The largest absolute Gasteiger partial charge is 0.336 e. The molecule has 0 radical (unpaired) electrons. The van der Waals surface area contributed by atoms with Gasteiger partial charge in [0, 0.05) is 23.4 Å². The molecule has 25 heavy (non-hydrogen) atoms. The number of urea groups is 1. The van der Waals surface area contributed by atoms with Crippen LogP contribution in [0.15, 0.2) is 22.7 Å². The van der Waals surface area contributed by atoms with Gasteiger partial charge in [-0.1, -0.05) is 17.8 Å². The van der Waals surface area contributed by atoms with Crippen LogP contribution in [-0.2, 0) is 11.2 Å². The number of nitrogens with zero attached hydrogens (tertiary/aromatic N) is 3. The maximum Gasteiger partial charge on any atom is 0.321 e. The normalized spacial score (nSPS) is 13.9. The van der Waals surface area contributed by atoms with Gasteiger partial charge in [0.15, 0.2) is 5.16 Å². The van der Waals surface area contributed by atoms with E-state index in [-0.39, 0.29) is 17.7 Å². The highest BCUT2D eigenvalue weighted by atomic mass is 32.2. The Morgan fingerprint density at radius 2 is 2.20 bits per heavy atom. The minimum atomic E-state index is -0.470. The fourth-order valence-electron chi connectivity index (χ4n) is 2.39. The van der Waals surface area contributed by atoms with E-state index in [4.69, 9.17) is 0 Å². The summed E-state index contributed by atoms with van der Waals surface area (Å²) in [6.07, 6.45) is 2.99. The van der Waals surface area contributed by atoms with Gasteiger partial charge >= 0.3 is 6.03 Å². The van der Waals surface area contributed by atoms with Crippen molar-refractivity contribution in [1.29, 1.82) is 0 Å². The van der Waals surface area contributed by atoms with Crippen molar-refractivity contribution in [3.8, 4) is 0 Å². The second kappa shape index (κ2) is 8.01. The second-order valence-corrected chi connectivity index (χ2v) is 8.20. The zero-order chi connectivity index (χ0) is 17.8. The van der Waals surface area contributed by atoms with Crippen LogP contribution in [-0.4, -0.2) is 38.5 Å². The van der Waals surface area contributed by atoms with Crippen LogP contribution in [0.3, 0.4) is 0 Å². The van der Waals surface area contributed by atoms with E-state index < -0.39 is 6.03 Å². The number of hydrogen-bond acceptors (Lipinski definition) is 6. The number of imide groups is 1. The summed E-state index contributed by atoms with van der Waals surface area (Å²) in [6.45, 7) is 3.68. The summed E-state index contributed by atoms with van der Waals surface area (Å²) in [5, 5.41) is 16.3. The lowest BCUT2D eigenvalue weighted by atomic mass is 10.3. The molecule has 0 spiro atoms. The summed E-state index contributed by atoms with van der Waals surface area (Å²) < 4.78 is 2.14. The molecule has 1 aliphatic rings. The third-order valence-electron chi connectivity index (χ3n) is 3.56. The Kier molecular flexibility index (Phi) is 5.74. The first-order valence-electron chi connectivity index (χ1n) is 8.22. The van der Waals surface area contributed by atoms with Crippen LogP contribution in [0.2, 0.25) is 0 Å². The standard InChI is InChI=1S/C16H21N5O2S2/c1-10(2)17-15(23)18-14(22)9-25-16-20-19-13(21(16)11-5-6-11)8-12-4-3-7-24-12/h3-4,7,10-11H,5-6,8-9H2,1-2H3,(H2,17,18,22,23). The average molecular weight is 380 g/mol. The summed E-state index contributed by atoms with van der Waals surface area (Å²) in [7, 11) is 0. The van der Waals surface area contributed by atoms with Gasteiger partial charge in [-0.3, -0.25) is 10.1 Å². The lowest BCUT2D eigenvalue weighted by Crippen LogP contribution is -2.43. The smallest absolute Gasteiger partial charge is 0.321 e. The zero-order valence-electron chi connectivity index (χ0n) is 14.2. The van der Waals surface area contributed by atoms with E-state index in [0.717, 1.165) is 30.2 Å². The summed E-state index contributed by atoms with van der Waals surface area (Å²) in [5.41, 5.74) is 0. The Morgan fingerprint density at radius 1 is 1.40 bits per heavy atom. The highest BCUT2D eigenvalue weighted by Crippen LogP contribution is 2.39. The minimum Gasteiger partial charge on any atom is -0.336 e. The number of aromatic nitrogens is 3. The first-order chi connectivity index (χ1) is 12.0. The van der Waals surface area contributed by atoms with Crippen molar-refractivity contribution in [3.63, 3.8) is 0 Å². The van der Waals surface area contributed by atoms with Gasteiger partial charge in [0.1, 0.15) is 5.82 Å². The van der Waals surface area contributed by atoms with Crippen molar-refractivity contribution in [2.75, 3.05) is 5.75 Å². The Labute approximate surface area is 154 Å². The lowest BCUT2D eigenvalue weighted by Gasteiger charge is -2.10. The van der Waals surface area contributed by atoms with Gasteiger partial charge in [0.25, 0.3) is 0 Å². The molecule has 2 aromatic heterocycles. The van der Waals surface area contributed by atoms with E-state index >= 15 is 0 Å². The van der Waals surface area contributed by atoms with Crippen LogP contribution in [0.4, 0.5) is 4.79 Å². The lowest BCUT2D eigenvalue weighted by molar-refractivity contribution is -0.117. The van der Waals surface area contributed by atoms with E-state index in [1.807, 2.05) is 19.9 Å². The first-order valence-corrected chi connectivity index (χ1v) is 10.1. The molecular formula is C16H21N5O2S2. The molecule has 1 saturated carbocycles. The minimum absolute atomic E-state index is 0.0155. The Bertz CT molecular complexity index is 738. The molecule has 0 bridgehead atoms. The molecule has 0 atom stereocenters. The first kappa shape index (κ1) is 17.9. The molecule has 1 aliphatic carbocycles. The summed E-state index contributed by atoms with van der Waals surface area (Å²) in [6, 6.07) is 4.06. The molecule has 7 nitrogen and oxygen atoms in total. The number of thiophene rings is 1. The third kappa shape index (κ3) is 5.05. The summed E-state index contributed by atoms with van der Waals surface area (Å²) in [5.74, 6) is 0.730. The van der Waals surface area contributed by atoms with Crippen molar-refractivity contribution in [2.45, 2.75) is 50.4 Å². The monoisotopic (exact) mass is 379 g/mol. The molecule has 2 N–H and O–H groups in total. The Balaban J connectivity index is 1.60. The van der Waals surface area contributed by atoms with E-state index in [1.165, 1.54) is 16.6 Å². The van der Waals surface area contributed by atoms with E-state index in [0.29, 0.717) is 6.04 Å². The molecule has 0 saturated heterocycles. The van der Waals surface area contributed by atoms with Gasteiger partial charge in [0.05, 0.1) is 5.75 Å². The Hall–Kier alpha value is -1.87. The number of thioether (sulfide) groups is 1. The van der Waals surface area contributed by atoms with Crippen molar-refractivity contribution in [2.24, 2.45) is 0 Å². The molecule has 0 unspecified atom stereocenters. The van der Waals surface area contributed by atoms with Gasteiger partial charge in [-0.2, -0.15) is 0 Å². The van der Waals surface area contributed by atoms with Gasteiger partial charge in [-0.05, 0) is 38.1 Å². The number of amides is 3. The number of nitrogens with one attached hydrogen (secondary N) is 2. The topological polar surface area (TPSA) is 88.9 Å². The van der Waals surface area contributed by atoms with Crippen LogP contribution in [0.25, 0.3) is 0 Å². The quantitative estimate of drug-likeness (QED) is 0.722. The SMILES string of the molecule is CC(C)NC(=O)NC(=O)CSc1nnc(Cc2cccs2)n1C1CC1. The molecule has 2 aromatic rings. The summed E-state index contributed by atoms with van der Waals surface area (Å²) >= 11 is 3.02. The molecule has 2 heterocycles. The fourth-order valence-corrected chi connectivity index (χ4v) is 3.91. The summed E-state index contributed by atoms with van der Waals surface area (Å²) in [4.78, 5) is 24.7. The molecular weight excluding hydrogens is 358 g/mol. The van der Waals surface area contributed by atoms with Crippen LogP contribution in [0.5, 0.6) is 0 Å².